The second-order valence-corrected chi connectivity index (χ2v) is 6.99. The third kappa shape index (κ3) is 3.23. The van der Waals surface area contributed by atoms with Crippen LogP contribution in [0.1, 0.15) is 12.8 Å². The SMILES string of the molecule is FC(F)(F)COc1ccc(S2=CCCC2)c2ccccc12. The van der Waals surface area contributed by atoms with Crippen LogP contribution in [0.15, 0.2) is 41.3 Å². The molecule has 0 spiro atoms. The number of hydrogen-bond donors (Lipinski definition) is 0. The van der Waals surface area contributed by atoms with Crippen LogP contribution in [-0.2, 0) is 0 Å². The Morgan fingerprint density at radius 2 is 1.81 bits per heavy atom. The molecule has 112 valence electrons. The molecule has 0 saturated carbocycles. The first-order valence-electron chi connectivity index (χ1n) is 6.79. The maximum Gasteiger partial charge on any atom is 0.422 e. The molecule has 0 N–H and O–H groups in total. The van der Waals surface area contributed by atoms with Crippen LogP contribution in [0, 0.1) is 0 Å². The van der Waals surface area contributed by atoms with E-state index in [4.69, 9.17) is 4.74 Å². The number of hydrogen-bond acceptors (Lipinski definition) is 1. The number of fused-ring (bicyclic) bond motifs is 1. The molecule has 1 aliphatic rings. The zero-order valence-corrected chi connectivity index (χ0v) is 12.1. The molecule has 1 heterocycles. The molecule has 0 aliphatic carbocycles. The zero-order chi connectivity index (χ0) is 14.9. The quantitative estimate of drug-likeness (QED) is 0.724. The van der Waals surface area contributed by atoms with Crippen LogP contribution >= 0.6 is 10.5 Å². The van der Waals surface area contributed by atoms with Crippen molar-refractivity contribution in [1.29, 1.82) is 0 Å². The summed E-state index contributed by atoms with van der Waals surface area (Å²) in [4.78, 5) is 1.21. The molecule has 5 heteroatoms. The Bertz CT molecular complexity index is 691. The van der Waals surface area contributed by atoms with Gasteiger partial charge < -0.3 is 4.74 Å². The fourth-order valence-corrected chi connectivity index (χ4v) is 4.70. The van der Waals surface area contributed by atoms with Crippen LogP contribution in [0.2, 0.25) is 0 Å². The standard InChI is InChI=1S/C16H15F3OS/c17-16(18,19)11-20-14-7-8-15(21-9-3-4-10-21)13-6-2-1-5-12(13)14/h1-2,5-9H,3-4,10-11H2. The lowest BCUT2D eigenvalue weighted by Gasteiger charge is -2.14. The van der Waals surface area contributed by atoms with Crippen molar-refractivity contribution in [3.05, 3.63) is 36.4 Å². The minimum absolute atomic E-state index is 0.103. The summed E-state index contributed by atoms with van der Waals surface area (Å²) in [6.07, 6.45) is -2.02. The van der Waals surface area contributed by atoms with Crippen molar-refractivity contribution >= 4 is 26.6 Å². The predicted octanol–water partition coefficient (Wildman–Crippen LogP) is 5.00. The summed E-state index contributed by atoms with van der Waals surface area (Å²) >= 11 is 0. The molecule has 1 unspecified atom stereocenters. The Morgan fingerprint density at radius 3 is 2.48 bits per heavy atom. The summed E-state index contributed by atoms with van der Waals surface area (Å²) in [6, 6.07) is 11.1. The molecule has 0 radical (unpaired) electrons. The van der Waals surface area contributed by atoms with Crippen LogP contribution in [0.4, 0.5) is 13.2 Å². The molecular formula is C16H15F3OS. The van der Waals surface area contributed by atoms with Crippen LogP contribution in [-0.4, -0.2) is 23.9 Å². The van der Waals surface area contributed by atoms with Gasteiger partial charge in [-0.25, -0.2) is 0 Å². The van der Waals surface area contributed by atoms with Crippen molar-refractivity contribution in [1.82, 2.24) is 0 Å². The van der Waals surface area contributed by atoms with Gasteiger partial charge in [0.1, 0.15) is 5.75 Å². The minimum Gasteiger partial charge on any atom is -0.483 e. The summed E-state index contributed by atoms with van der Waals surface area (Å²) < 4.78 is 42.0. The highest BCUT2D eigenvalue weighted by molar-refractivity contribution is 8.15. The van der Waals surface area contributed by atoms with E-state index in [-0.39, 0.29) is 10.5 Å². The molecule has 0 fully saturated rings. The monoisotopic (exact) mass is 312 g/mol. The Kier molecular flexibility index (Phi) is 3.93. The molecule has 2 aromatic rings. The number of rotatable bonds is 3. The molecular weight excluding hydrogens is 297 g/mol. The Balaban J connectivity index is 2.02. The van der Waals surface area contributed by atoms with Crippen molar-refractivity contribution in [3.8, 4) is 5.75 Å². The van der Waals surface area contributed by atoms with Crippen LogP contribution in [0.3, 0.4) is 0 Å². The summed E-state index contributed by atoms with van der Waals surface area (Å²) in [5.41, 5.74) is 0. The van der Waals surface area contributed by atoms with E-state index in [2.05, 4.69) is 5.37 Å². The highest BCUT2D eigenvalue weighted by Crippen LogP contribution is 2.40. The Hall–Kier alpha value is -1.49. The molecule has 1 nitrogen and oxygen atoms in total. The number of alkyl halides is 3. The summed E-state index contributed by atoms with van der Waals surface area (Å²) in [7, 11) is 0.103. The Labute approximate surface area is 123 Å². The summed E-state index contributed by atoms with van der Waals surface area (Å²) in [5.74, 6) is 1.43. The maximum atomic E-state index is 12.3. The molecule has 1 atom stereocenters. The highest BCUT2D eigenvalue weighted by Gasteiger charge is 2.28. The van der Waals surface area contributed by atoms with Crippen LogP contribution in [0.5, 0.6) is 5.75 Å². The van der Waals surface area contributed by atoms with Gasteiger partial charge in [-0.2, -0.15) is 23.7 Å². The molecule has 3 rings (SSSR count). The van der Waals surface area contributed by atoms with Crippen molar-refractivity contribution < 1.29 is 17.9 Å². The topological polar surface area (TPSA) is 9.23 Å². The average molecular weight is 312 g/mol. The van der Waals surface area contributed by atoms with E-state index in [0.717, 1.165) is 22.9 Å². The fraction of sp³-hybridized carbons (Fsp3) is 0.312. The second kappa shape index (κ2) is 5.72. The van der Waals surface area contributed by atoms with Crippen molar-refractivity contribution in [2.45, 2.75) is 23.9 Å². The largest absolute Gasteiger partial charge is 0.483 e. The van der Waals surface area contributed by atoms with Crippen LogP contribution < -0.4 is 4.74 Å². The van der Waals surface area contributed by atoms with Gasteiger partial charge in [0.05, 0.1) is 0 Å². The van der Waals surface area contributed by atoms with E-state index < -0.39 is 12.8 Å². The predicted molar refractivity (Wildman–Crippen MR) is 81.5 cm³/mol. The smallest absolute Gasteiger partial charge is 0.422 e. The number of ether oxygens (including phenoxy) is 1. The van der Waals surface area contributed by atoms with Crippen molar-refractivity contribution in [2.24, 2.45) is 0 Å². The minimum atomic E-state index is -4.32. The molecule has 0 aromatic heterocycles. The lowest BCUT2D eigenvalue weighted by atomic mass is 10.1. The van der Waals surface area contributed by atoms with Gasteiger partial charge in [0, 0.05) is 10.3 Å². The number of halogens is 3. The van der Waals surface area contributed by atoms with Crippen molar-refractivity contribution in [3.63, 3.8) is 0 Å². The van der Waals surface area contributed by atoms with Gasteiger partial charge in [-0.05, 0) is 36.1 Å². The van der Waals surface area contributed by atoms with E-state index in [1.165, 1.54) is 11.3 Å². The van der Waals surface area contributed by atoms with Crippen LogP contribution in [0.25, 0.3) is 10.8 Å². The van der Waals surface area contributed by atoms with E-state index >= 15 is 0 Å². The summed E-state index contributed by atoms with van der Waals surface area (Å²) in [5, 5.41) is 4.07. The van der Waals surface area contributed by atoms with Gasteiger partial charge in [-0.1, -0.05) is 29.6 Å². The molecule has 21 heavy (non-hydrogen) atoms. The van der Waals surface area contributed by atoms with Gasteiger partial charge in [0.2, 0.25) is 0 Å². The van der Waals surface area contributed by atoms with Gasteiger partial charge in [-0.3, -0.25) is 0 Å². The first-order chi connectivity index (χ1) is 10.0. The lowest BCUT2D eigenvalue weighted by molar-refractivity contribution is -0.153. The maximum absolute atomic E-state index is 12.3. The van der Waals surface area contributed by atoms with Crippen molar-refractivity contribution in [2.75, 3.05) is 12.4 Å². The molecule has 1 aliphatic heterocycles. The first kappa shape index (κ1) is 14.4. The third-order valence-corrected chi connectivity index (χ3v) is 5.69. The zero-order valence-electron chi connectivity index (χ0n) is 11.3. The average Bonchev–Trinajstić information content (AvgIpc) is 2.97. The van der Waals surface area contributed by atoms with Gasteiger partial charge in [-0.15, -0.1) is 0 Å². The van der Waals surface area contributed by atoms with E-state index in [0.29, 0.717) is 5.75 Å². The molecule has 0 amide bonds. The normalized spacial score (nSPS) is 18.7. The second-order valence-electron chi connectivity index (χ2n) is 4.95. The lowest BCUT2D eigenvalue weighted by Crippen LogP contribution is -2.19. The summed E-state index contributed by atoms with van der Waals surface area (Å²) in [6.45, 7) is -1.26. The van der Waals surface area contributed by atoms with Gasteiger partial charge >= 0.3 is 6.18 Å². The van der Waals surface area contributed by atoms with Gasteiger partial charge in [0.15, 0.2) is 6.61 Å². The van der Waals surface area contributed by atoms with Gasteiger partial charge in [0.25, 0.3) is 0 Å². The highest BCUT2D eigenvalue weighted by atomic mass is 32.2. The third-order valence-electron chi connectivity index (χ3n) is 3.41. The molecule has 2 aromatic carbocycles. The molecule has 0 saturated heterocycles. The first-order valence-corrected chi connectivity index (χ1v) is 8.25. The van der Waals surface area contributed by atoms with E-state index in [9.17, 15) is 13.2 Å². The van der Waals surface area contributed by atoms with E-state index in [1.807, 2.05) is 30.3 Å². The molecule has 0 bridgehead atoms. The number of benzene rings is 2. The fourth-order valence-electron chi connectivity index (χ4n) is 2.51. The van der Waals surface area contributed by atoms with E-state index in [1.54, 1.807) is 6.07 Å². The Morgan fingerprint density at radius 1 is 1.05 bits per heavy atom.